The molecule has 1 aliphatic heterocycles. The molecule has 18 heavy (non-hydrogen) atoms. The average Bonchev–Trinajstić information content (AvgIpc) is 2.81. The summed E-state index contributed by atoms with van der Waals surface area (Å²) in [6, 6.07) is 0. The quantitative estimate of drug-likeness (QED) is 0.354. The van der Waals surface area contributed by atoms with Crippen LogP contribution in [0.4, 0.5) is 0 Å². The topological polar surface area (TPSA) is 84.3 Å². The van der Waals surface area contributed by atoms with E-state index in [0.717, 1.165) is 24.2 Å². The maximum absolute atomic E-state index is 8.08. The lowest BCUT2D eigenvalue weighted by Gasteiger charge is -2.19. The highest BCUT2D eigenvalue weighted by molar-refractivity contribution is 5.78. The minimum absolute atomic E-state index is 0.0760. The summed E-state index contributed by atoms with van der Waals surface area (Å²) in [5.41, 5.74) is 1.00. The Bertz CT molecular complexity index is 307. The molecular formula is C11H21N3O4. The zero-order valence-electron chi connectivity index (χ0n) is 11.0. The van der Waals surface area contributed by atoms with E-state index in [1.807, 2.05) is 14.0 Å². The zero-order valence-corrected chi connectivity index (χ0v) is 11.0. The van der Waals surface area contributed by atoms with Crippen LogP contribution in [0.2, 0.25) is 0 Å². The summed E-state index contributed by atoms with van der Waals surface area (Å²) >= 11 is 0. The molecule has 0 spiro atoms. The molecule has 7 heteroatoms. The van der Waals surface area contributed by atoms with Gasteiger partial charge < -0.3 is 15.4 Å². The molecule has 0 aromatic heterocycles. The van der Waals surface area contributed by atoms with Crippen LogP contribution in [-0.2, 0) is 14.7 Å². The van der Waals surface area contributed by atoms with Crippen LogP contribution in [-0.4, -0.2) is 44.5 Å². The van der Waals surface area contributed by atoms with Crippen molar-refractivity contribution in [2.45, 2.75) is 32.1 Å². The molecule has 2 unspecified atom stereocenters. The minimum Gasteiger partial charge on any atom is -0.375 e. The Balaban J connectivity index is 2.45. The van der Waals surface area contributed by atoms with E-state index in [2.05, 4.69) is 25.6 Å². The van der Waals surface area contributed by atoms with Gasteiger partial charge in [0.25, 0.3) is 0 Å². The van der Waals surface area contributed by atoms with E-state index < -0.39 is 0 Å². The molecule has 1 saturated heterocycles. The second-order valence-electron chi connectivity index (χ2n) is 4.02. The van der Waals surface area contributed by atoms with Crippen LogP contribution < -0.4 is 10.6 Å². The van der Waals surface area contributed by atoms with E-state index in [1.165, 1.54) is 0 Å². The molecule has 2 atom stereocenters. The Morgan fingerprint density at radius 2 is 2.33 bits per heavy atom. The fraction of sp³-hybridized carbons (Fsp3) is 0.727. The summed E-state index contributed by atoms with van der Waals surface area (Å²) in [7, 11) is 3.57. The van der Waals surface area contributed by atoms with Gasteiger partial charge in [0.1, 0.15) is 18.7 Å². The largest absolute Gasteiger partial charge is 0.375 e. The van der Waals surface area contributed by atoms with Crippen molar-refractivity contribution >= 4 is 6.21 Å². The number of hydrogen-bond acceptors (Lipinski definition) is 7. The smallest absolute Gasteiger partial charge is 0.129 e. The molecule has 1 heterocycles. The predicted octanol–water partition coefficient (Wildman–Crippen LogP) is 0.654. The summed E-state index contributed by atoms with van der Waals surface area (Å²) in [6.45, 7) is 2.17. The van der Waals surface area contributed by atoms with Gasteiger partial charge in [-0.3, -0.25) is 4.99 Å². The highest BCUT2D eigenvalue weighted by atomic mass is 17.5. The van der Waals surface area contributed by atoms with E-state index in [1.54, 1.807) is 13.3 Å². The van der Waals surface area contributed by atoms with Crippen molar-refractivity contribution < 1.29 is 19.9 Å². The van der Waals surface area contributed by atoms with Crippen LogP contribution in [0, 0.1) is 0 Å². The third kappa shape index (κ3) is 4.61. The summed E-state index contributed by atoms with van der Waals surface area (Å²) < 4.78 is 5.68. The Kier molecular flexibility index (Phi) is 6.66. The van der Waals surface area contributed by atoms with Crippen molar-refractivity contribution in [3.63, 3.8) is 0 Å². The van der Waals surface area contributed by atoms with Gasteiger partial charge in [0.15, 0.2) is 0 Å². The van der Waals surface area contributed by atoms with Crippen molar-refractivity contribution in [1.82, 2.24) is 10.6 Å². The molecule has 1 rings (SSSR count). The molecule has 0 aliphatic carbocycles. The number of ether oxygens (including phenoxy) is 1. The van der Waals surface area contributed by atoms with Gasteiger partial charge in [-0.2, -0.15) is 0 Å². The SMILES string of the molecule is CN=CC(C)=C(NC)NC1CCC(COOO)O1. The molecular weight excluding hydrogens is 238 g/mol. The predicted molar refractivity (Wildman–Crippen MR) is 66.9 cm³/mol. The first-order valence-electron chi connectivity index (χ1n) is 5.87. The van der Waals surface area contributed by atoms with Crippen molar-refractivity contribution in [2.75, 3.05) is 20.7 Å². The number of aliphatic imine (C=N–C) groups is 1. The number of nitrogens with one attached hydrogen (secondary N) is 2. The first-order valence-corrected chi connectivity index (χ1v) is 5.87. The molecule has 0 aromatic rings. The van der Waals surface area contributed by atoms with E-state index in [-0.39, 0.29) is 18.9 Å². The Morgan fingerprint density at radius 3 is 2.94 bits per heavy atom. The maximum atomic E-state index is 8.08. The molecule has 0 aromatic carbocycles. The minimum atomic E-state index is -0.0834. The van der Waals surface area contributed by atoms with Gasteiger partial charge in [0.2, 0.25) is 0 Å². The molecule has 0 saturated carbocycles. The Labute approximate surface area is 107 Å². The Morgan fingerprint density at radius 1 is 1.56 bits per heavy atom. The lowest BCUT2D eigenvalue weighted by atomic mass is 10.2. The van der Waals surface area contributed by atoms with Crippen LogP contribution in [0.15, 0.2) is 16.4 Å². The summed E-state index contributed by atoms with van der Waals surface area (Å²) in [6.07, 6.45) is 3.32. The third-order valence-electron chi connectivity index (χ3n) is 2.69. The van der Waals surface area contributed by atoms with E-state index in [9.17, 15) is 0 Å². The van der Waals surface area contributed by atoms with Gasteiger partial charge in [-0.05, 0) is 19.8 Å². The number of rotatable bonds is 7. The van der Waals surface area contributed by atoms with Crippen LogP contribution in [0.25, 0.3) is 0 Å². The van der Waals surface area contributed by atoms with Crippen LogP contribution >= 0.6 is 0 Å². The third-order valence-corrected chi connectivity index (χ3v) is 2.69. The number of hydrogen-bond donors (Lipinski definition) is 3. The molecule has 7 nitrogen and oxygen atoms in total. The lowest BCUT2D eigenvalue weighted by molar-refractivity contribution is -0.494. The highest BCUT2D eigenvalue weighted by Crippen LogP contribution is 2.19. The van der Waals surface area contributed by atoms with Crippen molar-refractivity contribution in [3.05, 3.63) is 11.4 Å². The molecule has 0 radical (unpaired) electrons. The normalized spacial score (nSPS) is 25.3. The standard InChI is InChI=1S/C11H21N3O4/c1-8(6-12-2)11(13-3)14-10-5-4-9(17-10)7-16-18-15/h6,9-10,13-15H,4-5,7H2,1-3H3. The van der Waals surface area contributed by atoms with Gasteiger partial charge in [0, 0.05) is 25.9 Å². The molecule has 3 N–H and O–H groups in total. The monoisotopic (exact) mass is 259 g/mol. The van der Waals surface area contributed by atoms with Crippen molar-refractivity contribution in [3.8, 4) is 0 Å². The summed E-state index contributed by atoms with van der Waals surface area (Å²) in [5, 5.41) is 18.0. The summed E-state index contributed by atoms with van der Waals surface area (Å²) in [4.78, 5) is 8.40. The molecule has 1 fully saturated rings. The second kappa shape index (κ2) is 8.04. The van der Waals surface area contributed by atoms with Gasteiger partial charge in [-0.15, -0.1) is 0 Å². The van der Waals surface area contributed by atoms with Crippen LogP contribution in [0.3, 0.4) is 0 Å². The summed E-state index contributed by atoms with van der Waals surface area (Å²) in [5.74, 6) is 0.880. The van der Waals surface area contributed by atoms with E-state index >= 15 is 0 Å². The van der Waals surface area contributed by atoms with Gasteiger partial charge >= 0.3 is 0 Å². The first kappa shape index (κ1) is 14.9. The molecule has 0 bridgehead atoms. The highest BCUT2D eigenvalue weighted by Gasteiger charge is 2.26. The van der Waals surface area contributed by atoms with Crippen LogP contribution in [0.5, 0.6) is 0 Å². The lowest BCUT2D eigenvalue weighted by Crippen LogP contribution is -2.35. The maximum Gasteiger partial charge on any atom is 0.129 e. The molecule has 0 amide bonds. The van der Waals surface area contributed by atoms with Crippen molar-refractivity contribution in [1.29, 1.82) is 0 Å². The number of nitrogens with zero attached hydrogens (tertiary/aromatic N) is 1. The molecule has 104 valence electrons. The van der Waals surface area contributed by atoms with Crippen molar-refractivity contribution in [2.24, 2.45) is 4.99 Å². The number of allylic oxidation sites excluding steroid dienone is 1. The first-order chi connectivity index (χ1) is 8.71. The molecule has 1 aliphatic rings. The van der Waals surface area contributed by atoms with Gasteiger partial charge in [-0.25, -0.2) is 10.1 Å². The van der Waals surface area contributed by atoms with E-state index in [4.69, 9.17) is 9.99 Å². The van der Waals surface area contributed by atoms with Gasteiger partial charge in [0.05, 0.1) is 6.10 Å². The fourth-order valence-corrected chi connectivity index (χ4v) is 1.84. The van der Waals surface area contributed by atoms with Crippen LogP contribution in [0.1, 0.15) is 19.8 Å². The average molecular weight is 259 g/mol. The Hall–Kier alpha value is -1.15. The fourth-order valence-electron chi connectivity index (χ4n) is 1.84. The zero-order chi connectivity index (χ0) is 13.4. The van der Waals surface area contributed by atoms with Gasteiger partial charge in [-0.1, -0.05) is 5.04 Å². The van der Waals surface area contributed by atoms with E-state index in [0.29, 0.717) is 0 Å². The second-order valence-corrected chi connectivity index (χ2v) is 4.02.